The molecule has 2 aromatic rings. The molecule has 0 radical (unpaired) electrons. The Morgan fingerprint density at radius 3 is 2.45 bits per heavy atom. The number of hydrogen-bond acceptors (Lipinski definition) is 2. The number of rotatable bonds is 7. The first-order valence-corrected chi connectivity index (χ1v) is 7.86. The summed E-state index contributed by atoms with van der Waals surface area (Å²) in [4.78, 5) is 12.2. The predicted molar refractivity (Wildman–Crippen MR) is 91.0 cm³/mol. The summed E-state index contributed by atoms with van der Waals surface area (Å²) >= 11 is 6.33. The fourth-order valence-electron chi connectivity index (χ4n) is 2.44. The molecule has 2 aromatic carbocycles. The van der Waals surface area contributed by atoms with Gasteiger partial charge in [0.25, 0.3) is 0 Å². The fraction of sp³-hybridized carbons (Fsp3) is 0.278. The van der Waals surface area contributed by atoms with Gasteiger partial charge in [0.05, 0.1) is 0 Å². The summed E-state index contributed by atoms with van der Waals surface area (Å²) in [6.45, 7) is 1.19. The van der Waals surface area contributed by atoms with Crippen LogP contribution in [0.4, 0.5) is 0 Å². The number of amides is 1. The average Bonchev–Trinajstić information content (AvgIpc) is 2.54. The van der Waals surface area contributed by atoms with Crippen molar-refractivity contribution in [2.45, 2.75) is 18.8 Å². The second kappa shape index (κ2) is 8.57. The number of halogens is 1. The Hall–Kier alpha value is -1.84. The monoisotopic (exact) mass is 316 g/mol. The molecule has 0 aromatic heterocycles. The Morgan fingerprint density at radius 1 is 1.09 bits per heavy atom. The average molecular weight is 317 g/mol. The van der Waals surface area contributed by atoms with Crippen LogP contribution in [0.2, 0.25) is 5.02 Å². The normalized spacial score (nSPS) is 11.9. The lowest BCUT2D eigenvalue weighted by molar-refractivity contribution is -0.121. The van der Waals surface area contributed by atoms with Crippen LogP contribution < -0.4 is 11.1 Å². The highest BCUT2D eigenvalue weighted by Crippen LogP contribution is 2.32. The summed E-state index contributed by atoms with van der Waals surface area (Å²) < 4.78 is 0. The molecule has 116 valence electrons. The van der Waals surface area contributed by atoms with E-state index < -0.39 is 0 Å². The van der Waals surface area contributed by atoms with Gasteiger partial charge >= 0.3 is 0 Å². The van der Waals surface area contributed by atoms with Crippen LogP contribution in [0.5, 0.6) is 0 Å². The summed E-state index contributed by atoms with van der Waals surface area (Å²) in [6, 6.07) is 17.7. The van der Waals surface area contributed by atoms with Crippen LogP contribution in [0.15, 0.2) is 54.6 Å². The van der Waals surface area contributed by atoms with Crippen molar-refractivity contribution in [1.29, 1.82) is 0 Å². The maximum Gasteiger partial charge on any atom is 0.220 e. The number of benzene rings is 2. The van der Waals surface area contributed by atoms with Crippen molar-refractivity contribution < 1.29 is 4.79 Å². The first kappa shape index (κ1) is 16.5. The molecule has 0 aliphatic heterocycles. The van der Waals surface area contributed by atoms with Crippen LogP contribution in [0, 0.1) is 0 Å². The Morgan fingerprint density at radius 2 is 1.77 bits per heavy atom. The first-order valence-electron chi connectivity index (χ1n) is 7.48. The lowest BCUT2D eigenvalue weighted by Crippen LogP contribution is -2.27. The highest BCUT2D eigenvalue weighted by molar-refractivity contribution is 6.31. The Balaban J connectivity index is 2.20. The van der Waals surface area contributed by atoms with E-state index in [2.05, 4.69) is 5.32 Å². The van der Waals surface area contributed by atoms with E-state index >= 15 is 0 Å². The number of carbonyl (C=O) groups is 1. The molecule has 3 N–H and O–H groups in total. The maximum absolute atomic E-state index is 12.2. The molecule has 0 saturated carbocycles. The van der Waals surface area contributed by atoms with E-state index in [1.54, 1.807) is 0 Å². The van der Waals surface area contributed by atoms with Crippen LogP contribution in [0.25, 0.3) is 0 Å². The van der Waals surface area contributed by atoms with Crippen LogP contribution in [0.1, 0.15) is 29.9 Å². The molecule has 0 heterocycles. The van der Waals surface area contributed by atoms with Gasteiger partial charge in [-0.1, -0.05) is 60.1 Å². The third-order valence-corrected chi connectivity index (χ3v) is 3.92. The molecule has 0 fully saturated rings. The Labute approximate surface area is 136 Å². The molecule has 0 bridgehead atoms. The second-order valence-electron chi connectivity index (χ2n) is 5.18. The van der Waals surface area contributed by atoms with E-state index in [1.165, 1.54) is 0 Å². The highest BCUT2D eigenvalue weighted by Gasteiger charge is 2.20. The van der Waals surface area contributed by atoms with Crippen molar-refractivity contribution in [1.82, 2.24) is 5.32 Å². The van der Waals surface area contributed by atoms with Crippen molar-refractivity contribution in [3.05, 3.63) is 70.7 Å². The lowest BCUT2D eigenvalue weighted by Gasteiger charge is -2.19. The summed E-state index contributed by atoms with van der Waals surface area (Å²) in [5.74, 6) is -0.0324. The van der Waals surface area contributed by atoms with Crippen molar-refractivity contribution in [3.8, 4) is 0 Å². The standard InChI is InChI=1S/C18H21ClN2O/c19-17-10-5-4-9-15(17)16(14-7-2-1-3-8-14)13-18(22)21-12-6-11-20/h1-5,7-10,16H,6,11-13,20H2,(H,21,22). The molecule has 22 heavy (non-hydrogen) atoms. The zero-order valence-corrected chi connectivity index (χ0v) is 13.2. The van der Waals surface area contributed by atoms with Gasteiger partial charge in [0, 0.05) is 23.9 Å². The Bertz CT molecular complexity index is 601. The fourth-order valence-corrected chi connectivity index (χ4v) is 2.71. The predicted octanol–water partition coefficient (Wildman–Crippen LogP) is 3.33. The summed E-state index contributed by atoms with van der Waals surface area (Å²) in [6.07, 6.45) is 1.16. The highest BCUT2D eigenvalue weighted by atomic mass is 35.5. The molecule has 0 saturated heterocycles. The van der Waals surface area contributed by atoms with E-state index in [0.717, 1.165) is 17.5 Å². The minimum atomic E-state index is -0.0484. The molecule has 2 rings (SSSR count). The van der Waals surface area contributed by atoms with E-state index in [4.69, 9.17) is 17.3 Å². The topological polar surface area (TPSA) is 55.1 Å². The van der Waals surface area contributed by atoms with E-state index in [1.807, 2.05) is 54.6 Å². The maximum atomic E-state index is 12.2. The minimum absolute atomic E-state index is 0.0159. The van der Waals surface area contributed by atoms with Crippen molar-refractivity contribution >= 4 is 17.5 Å². The quantitative estimate of drug-likeness (QED) is 0.770. The molecular weight excluding hydrogens is 296 g/mol. The van der Waals surface area contributed by atoms with Gasteiger partial charge in [0.2, 0.25) is 5.91 Å². The van der Waals surface area contributed by atoms with Gasteiger partial charge in [-0.25, -0.2) is 0 Å². The van der Waals surface area contributed by atoms with Gasteiger partial charge in [-0.15, -0.1) is 0 Å². The molecule has 4 heteroatoms. The largest absolute Gasteiger partial charge is 0.356 e. The van der Waals surface area contributed by atoms with Crippen molar-refractivity contribution in [2.24, 2.45) is 5.73 Å². The van der Waals surface area contributed by atoms with Crippen LogP contribution in [-0.4, -0.2) is 19.0 Å². The third-order valence-electron chi connectivity index (χ3n) is 3.58. The number of nitrogens with two attached hydrogens (primary N) is 1. The molecule has 0 aliphatic carbocycles. The Kier molecular flexibility index (Phi) is 6.44. The molecular formula is C18H21ClN2O. The minimum Gasteiger partial charge on any atom is -0.356 e. The van der Waals surface area contributed by atoms with Gasteiger partial charge in [0.1, 0.15) is 0 Å². The number of hydrogen-bond donors (Lipinski definition) is 2. The summed E-state index contributed by atoms with van der Waals surface area (Å²) in [5, 5.41) is 3.60. The molecule has 1 amide bonds. The van der Waals surface area contributed by atoms with Gasteiger partial charge in [-0.05, 0) is 30.2 Å². The zero-order chi connectivity index (χ0) is 15.8. The van der Waals surface area contributed by atoms with Crippen LogP contribution >= 0.6 is 11.6 Å². The first-order chi connectivity index (χ1) is 10.7. The molecule has 3 nitrogen and oxygen atoms in total. The van der Waals surface area contributed by atoms with Gasteiger partial charge in [-0.2, -0.15) is 0 Å². The van der Waals surface area contributed by atoms with Crippen molar-refractivity contribution in [3.63, 3.8) is 0 Å². The van der Waals surface area contributed by atoms with Crippen molar-refractivity contribution in [2.75, 3.05) is 13.1 Å². The molecule has 1 unspecified atom stereocenters. The third kappa shape index (κ3) is 4.58. The zero-order valence-electron chi connectivity index (χ0n) is 12.5. The van der Waals surface area contributed by atoms with Gasteiger partial charge in [0.15, 0.2) is 0 Å². The van der Waals surface area contributed by atoms with E-state index in [-0.39, 0.29) is 11.8 Å². The molecule has 1 atom stereocenters. The van der Waals surface area contributed by atoms with E-state index in [0.29, 0.717) is 24.5 Å². The molecule has 0 aliphatic rings. The molecule has 0 spiro atoms. The van der Waals surface area contributed by atoms with Gasteiger partial charge < -0.3 is 11.1 Å². The summed E-state index contributed by atoms with van der Waals surface area (Å²) in [5.41, 5.74) is 7.51. The van der Waals surface area contributed by atoms with Gasteiger partial charge in [-0.3, -0.25) is 4.79 Å². The van der Waals surface area contributed by atoms with Crippen LogP contribution in [-0.2, 0) is 4.79 Å². The van der Waals surface area contributed by atoms with E-state index in [9.17, 15) is 4.79 Å². The number of nitrogens with one attached hydrogen (secondary N) is 1. The summed E-state index contributed by atoms with van der Waals surface area (Å²) in [7, 11) is 0. The number of carbonyl (C=O) groups excluding carboxylic acids is 1. The SMILES string of the molecule is NCCCNC(=O)CC(c1ccccc1)c1ccccc1Cl. The smallest absolute Gasteiger partial charge is 0.220 e. The van der Waals surface area contributed by atoms with Crippen LogP contribution in [0.3, 0.4) is 0 Å². The lowest BCUT2D eigenvalue weighted by atomic mass is 9.88. The second-order valence-corrected chi connectivity index (χ2v) is 5.59.